The molecule has 2 aromatic rings. The number of rotatable bonds is 7. The average Bonchev–Trinajstić information content (AvgIpc) is 2.68. The van der Waals surface area contributed by atoms with Crippen molar-refractivity contribution in [3.8, 4) is 11.5 Å². The third-order valence-corrected chi connectivity index (χ3v) is 4.61. The molecule has 1 saturated heterocycles. The normalized spacial score (nSPS) is 14.9. The summed E-state index contributed by atoms with van der Waals surface area (Å²) >= 11 is 0. The van der Waals surface area contributed by atoms with Crippen molar-refractivity contribution in [3.05, 3.63) is 60.4 Å². The number of hydrogen-bond donors (Lipinski definition) is 0. The number of benzene rings is 2. The van der Waals surface area contributed by atoms with Gasteiger partial charge in [-0.1, -0.05) is 30.3 Å². The van der Waals surface area contributed by atoms with Gasteiger partial charge in [-0.15, -0.1) is 0 Å². The predicted octanol–water partition coefficient (Wildman–Crippen LogP) is 3.91. The zero-order valence-electron chi connectivity index (χ0n) is 14.8. The first-order valence-corrected chi connectivity index (χ1v) is 9.05. The van der Waals surface area contributed by atoms with Crippen LogP contribution in [-0.2, 0) is 4.79 Å². The Kier molecular flexibility index (Phi) is 6.47. The van der Waals surface area contributed by atoms with Crippen molar-refractivity contribution in [3.63, 3.8) is 0 Å². The summed E-state index contributed by atoms with van der Waals surface area (Å²) in [7, 11) is 0. The molecule has 1 fully saturated rings. The maximum atomic E-state index is 13.6. The van der Waals surface area contributed by atoms with Crippen LogP contribution in [0.15, 0.2) is 54.6 Å². The van der Waals surface area contributed by atoms with E-state index in [2.05, 4.69) is 0 Å². The molecule has 4 nitrogen and oxygen atoms in total. The quantitative estimate of drug-likeness (QED) is 0.754. The Morgan fingerprint density at radius 3 is 2.42 bits per heavy atom. The number of halogens is 1. The van der Waals surface area contributed by atoms with Crippen molar-refractivity contribution in [1.82, 2.24) is 4.90 Å². The van der Waals surface area contributed by atoms with Crippen LogP contribution >= 0.6 is 0 Å². The lowest BCUT2D eigenvalue weighted by Crippen LogP contribution is -2.40. The Morgan fingerprint density at radius 1 is 1.00 bits per heavy atom. The maximum absolute atomic E-state index is 13.6. The summed E-state index contributed by atoms with van der Waals surface area (Å²) in [5.41, 5.74) is 0. The van der Waals surface area contributed by atoms with Crippen molar-refractivity contribution < 1.29 is 18.7 Å². The lowest BCUT2D eigenvalue weighted by atomic mass is 9.97. The number of amides is 1. The number of nitrogens with zero attached hydrogens (tertiary/aromatic N) is 1. The largest absolute Gasteiger partial charge is 0.493 e. The van der Waals surface area contributed by atoms with E-state index in [0.717, 1.165) is 31.7 Å². The van der Waals surface area contributed by atoms with Crippen LogP contribution in [0.2, 0.25) is 0 Å². The molecule has 0 radical (unpaired) electrons. The van der Waals surface area contributed by atoms with E-state index in [1.54, 1.807) is 18.2 Å². The van der Waals surface area contributed by atoms with E-state index in [-0.39, 0.29) is 11.7 Å². The van der Waals surface area contributed by atoms with Crippen LogP contribution in [0.3, 0.4) is 0 Å². The second-order valence-corrected chi connectivity index (χ2v) is 6.48. The molecule has 0 spiro atoms. The predicted molar refractivity (Wildman–Crippen MR) is 97.8 cm³/mol. The molecule has 138 valence electrons. The Hall–Kier alpha value is -2.56. The first-order chi connectivity index (χ1) is 12.7. The third-order valence-electron chi connectivity index (χ3n) is 4.61. The van der Waals surface area contributed by atoms with Gasteiger partial charge in [0.25, 0.3) is 0 Å². The zero-order chi connectivity index (χ0) is 18.2. The van der Waals surface area contributed by atoms with Crippen molar-refractivity contribution in [2.75, 3.05) is 26.3 Å². The molecule has 1 heterocycles. The van der Waals surface area contributed by atoms with Crippen LogP contribution in [0.25, 0.3) is 0 Å². The van der Waals surface area contributed by atoms with Gasteiger partial charge in [0, 0.05) is 13.1 Å². The molecule has 0 unspecified atom stereocenters. The monoisotopic (exact) mass is 357 g/mol. The van der Waals surface area contributed by atoms with Gasteiger partial charge in [-0.3, -0.25) is 4.79 Å². The number of carbonyl (C=O) groups is 1. The summed E-state index contributed by atoms with van der Waals surface area (Å²) in [6.45, 7) is 2.31. The fourth-order valence-corrected chi connectivity index (χ4v) is 3.05. The van der Waals surface area contributed by atoms with Gasteiger partial charge in [-0.25, -0.2) is 4.39 Å². The Morgan fingerprint density at radius 2 is 1.69 bits per heavy atom. The molecular formula is C21H24FNO3. The highest BCUT2D eigenvalue weighted by Gasteiger charge is 2.23. The highest BCUT2D eigenvalue weighted by molar-refractivity contribution is 5.76. The number of piperidine rings is 1. The maximum Gasteiger partial charge on any atom is 0.225 e. The van der Waals surface area contributed by atoms with E-state index >= 15 is 0 Å². The van der Waals surface area contributed by atoms with Crippen LogP contribution in [0.5, 0.6) is 11.5 Å². The van der Waals surface area contributed by atoms with Crippen LogP contribution < -0.4 is 9.47 Å². The molecule has 0 aromatic heterocycles. The van der Waals surface area contributed by atoms with E-state index in [0.29, 0.717) is 31.3 Å². The van der Waals surface area contributed by atoms with E-state index in [1.807, 2.05) is 35.2 Å². The molecule has 3 rings (SSSR count). The summed E-state index contributed by atoms with van der Waals surface area (Å²) in [5, 5.41) is 0. The molecule has 1 aliphatic heterocycles. The molecule has 5 heteroatoms. The lowest BCUT2D eigenvalue weighted by molar-refractivity contribution is -0.133. The van der Waals surface area contributed by atoms with Crippen LogP contribution in [-0.4, -0.2) is 37.1 Å². The Bertz CT molecular complexity index is 699. The highest BCUT2D eigenvalue weighted by atomic mass is 19.1. The van der Waals surface area contributed by atoms with Gasteiger partial charge >= 0.3 is 0 Å². The molecule has 0 N–H and O–H groups in total. The SMILES string of the molecule is O=C(CCOc1ccccc1)N1CCC(COc2ccccc2F)CC1. The van der Waals surface area contributed by atoms with Gasteiger partial charge < -0.3 is 14.4 Å². The minimum atomic E-state index is -0.335. The molecule has 0 saturated carbocycles. The lowest BCUT2D eigenvalue weighted by Gasteiger charge is -2.32. The zero-order valence-corrected chi connectivity index (χ0v) is 14.8. The molecule has 26 heavy (non-hydrogen) atoms. The topological polar surface area (TPSA) is 38.8 Å². The number of likely N-dealkylation sites (tertiary alicyclic amines) is 1. The number of ether oxygens (including phenoxy) is 2. The summed E-state index contributed by atoms with van der Waals surface area (Å²) in [5.74, 6) is 1.21. The summed E-state index contributed by atoms with van der Waals surface area (Å²) in [4.78, 5) is 14.2. The van der Waals surface area contributed by atoms with Crippen molar-refractivity contribution >= 4 is 5.91 Å². The number of carbonyl (C=O) groups excluding carboxylic acids is 1. The molecule has 1 amide bonds. The molecular weight excluding hydrogens is 333 g/mol. The van der Waals surface area contributed by atoms with E-state index in [1.165, 1.54) is 6.07 Å². The number of hydrogen-bond acceptors (Lipinski definition) is 3. The van der Waals surface area contributed by atoms with Gasteiger partial charge in [0.15, 0.2) is 11.6 Å². The van der Waals surface area contributed by atoms with Gasteiger partial charge in [0.2, 0.25) is 5.91 Å². The smallest absolute Gasteiger partial charge is 0.225 e. The second kappa shape index (κ2) is 9.22. The van der Waals surface area contributed by atoms with Crippen molar-refractivity contribution in [2.45, 2.75) is 19.3 Å². The van der Waals surface area contributed by atoms with Crippen LogP contribution in [0, 0.1) is 11.7 Å². The van der Waals surface area contributed by atoms with E-state index in [9.17, 15) is 9.18 Å². The van der Waals surface area contributed by atoms with Gasteiger partial charge in [-0.2, -0.15) is 0 Å². The van der Waals surface area contributed by atoms with Gasteiger partial charge in [0.05, 0.1) is 19.6 Å². The minimum absolute atomic E-state index is 0.120. The first-order valence-electron chi connectivity index (χ1n) is 9.05. The summed E-state index contributed by atoms with van der Waals surface area (Å²) in [6.07, 6.45) is 2.13. The second-order valence-electron chi connectivity index (χ2n) is 6.48. The molecule has 2 aromatic carbocycles. The molecule has 1 aliphatic rings. The van der Waals surface area contributed by atoms with Crippen LogP contribution in [0.1, 0.15) is 19.3 Å². The van der Waals surface area contributed by atoms with Gasteiger partial charge in [-0.05, 0) is 43.0 Å². The highest BCUT2D eigenvalue weighted by Crippen LogP contribution is 2.21. The third kappa shape index (κ3) is 5.22. The summed E-state index contributed by atoms with van der Waals surface area (Å²) in [6, 6.07) is 16.0. The fraction of sp³-hybridized carbons (Fsp3) is 0.381. The minimum Gasteiger partial charge on any atom is -0.493 e. The summed E-state index contributed by atoms with van der Waals surface area (Å²) < 4.78 is 24.7. The standard InChI is InChI=1S/C21H24FNO3/c22-19-8-4-5-9-20(19)26-16-17-10-13-23(14-11-17)21(24)12-15-25-18-6-2-1-3-7-18/h1-9,17H,10-16H2. The van der Waals surface area contributed by atoms with E-state index < -0.39 is 0 Å². The first kappa shape index (κ1) is 18.2. The Balaban J connectivity index is 1.35. The average molecular weight is 357 g/mol. The Labute approximate surface area is 153 Å². The fourth-order valence-electron chi connectivity index (χ4n) is 3.05. The molecule has 0 bridgehead atoms. The van der Waals surface area contributed by atoms with Crippen molar-refractivity contribution in [2.24, 2.45) is 5.92 Å². The van der Waals surface area contributed by atoms with E-state index in [4.69, 9.17) is 9.47 Å². The van der Waals surface area contributed by atoms with Gasteiger partial charge in [0.1, 0.15) is 5.75 Å². The van der Waals surface area contributed by atoms with Crippen molar-refractivity contribution in [1.29, 1.82) is 0 Å². The molecule has 0 aliphatic carbocycles. The van der Waals surface area contributed by atoms with Crippen LogP contribution in [0.4, 0.5) is 4.39 Å². The number of para-hydroxylation sites is 2. The molecule has 0 atom stereocenters.